The molecular weight excluding hydrogens is 532 g/mol. The summed E-state index contributed by atoms with van der Waals surface area (Å²) in [4.78, 5) is 2.16. The van der Waals surface area contributed by atoms with Crippen molar-refractivity contribution in [2.75, 3.05) is 39.6 Å². The number of halogens is 1. The van der Waals surface area contributed by atoms with Crippen LogP contribution < -0.4 is 18.8 Å². The molecule has 1 fully saturated rings. The minimum atomic E-state index is -4.26. The van der Waals surface area contributed by atoms with Gasteiger partial charge < -0.3 is 10.2 Å². The van der Waals surface area contributed by atoms with Gasteiger partial charge in [0.1, 0.15) is 0 Å². The van der Waals surface area contributed by atoms with Crippen molar-refractivity contribution in [1.82, 2.24) is 5.32 Å². The maximum absolute atomic E-state index is 13.7. The second-order valence-electron chi connectivity index (χ2n) is 8.55. The number of piperazine rings is 1. The first kappa shape index (κ1) is 25.3. The molecular formula is C26H25ClN4O4S2. The van der Waals surface area contributed by atoms with Crippen LogP contribution in [-0.4, -0.2) is 43.0 Å². The van der Waals surface area contributed by atoms with E-state index in [2.05, 4.69) is 14.9 Å². The van der Waals surface area contributed by atoms with Crippen LogP contribution in [0, 0.1) is 0 Å². The fraction of sp³-hybridized carbons (Fsp3) is 0.154. The summed E-state index contributed by atoms with van der Waals surface area (Å²) in [6.45, 7) is 3.01. The summed E-state index contributed by atoms with van der Waals surface area (Å²) >= 11 is 6.54. The molecule has 0 amide bonds. The van der Waals surface area contributed by atoms with E-state index in [0.717, 1.165) is 37.3 Å². The number of fused-ring (bicyclic) bond motifs is 1. The molecule has 1 aliphatic heterocycles. The molecule has 0 unspecified atom stereocenters. The van der Waals surface area contributed by atoms with Crippen molar-refractivity contribution in [3.8, 4) is 0 Å². The molecule has 11 heteroatoms. The van der Waals surface area contributed by atoms with Gasteiger partial charge in [0, 0.05) is 49.0 Å². The van der Waals surface area contributed by atoms with Crippen molar-refractivity contribution < 1.29 is 16.8 Å². The normalized spacial score (nSPS) is 14.5. The van der Waals surface area contributed by atoms with Gasteiger partial charge in [-0.3, -0.25) is 4.72 Å². The van der Waals surface area contributed by atoms with Gasteiger partial charge >= 0.3 is 0 Å². The number of rotatable bonds is 7. The molecule has 0 radical (unpaired) electrons. The van der Waals surface area contributed by atoms with E-state index < -0.39 is 20.0 Å². The zero-order valence-corrected chi connectivity index (χ0v) is 22.1. The number of sulfonamides is 2. The van der Waals surface area contributed by atoms with E-state index in [4.69, 9.17) is 11.8 Å². The van der Waals surface area contributed by atoms with Crippen LogP contribution in [0.1, 0.15) is 0 Å². The molecule has 2 N–H and O–H groups in total. The average Bonchev–Trinajstić information content (AvgIpc) is 2.93. The average molecular weight is 557 g/mol. The fourth-order valence-corrected chi connectivity index (χ4v) is 7.08. The Morgan fingerprint density at radius 2 is 1.49 bits per heavy atom. The molecule has 0 spiro atoms. The third-order valence-corrected chi connectivity index (χ3v) is 9.83. The minimum Gasteiger partial charge on any atom is -0.369 e. The molecule has 0 aliphatic carbocycles. The zero-order valence-electron chi connectivity index (χ0n) is 19.7. The van der Waals surface area contributed by atoms with Gasteiger partial charge in [0.15, 0.2) is 0 Å². The van der Waals surface area contributed by atoms with E-state index >= 15 is 0 Å². The standard InChI is InChI=1S/C26H25ClN4O4S2/c27-31(37(34,35)26-12-6-8-20-7-4-5-11-23(20)26)25-14-13-21(30-17-15-28-16-18-30)19-24(25)29-36(32,33)22-9-2-1-3-10-22/h1-14,19,28-29H,15-18H2. The molecule has 4 aromatic rings. The third kappa shape index (κ3) is 5.10. The van der Waals surface area contributed by atoms with Gasteiger partial charge in [-0.2, -0.15) is 12.2 Å². The first-order chi connectivity index (χ1) is 17.8. The molecule has 8 nitrogen and oxygen atoms in total. The highest BCUT2D eigenvalue weighted by atomic mass is 35.5. The minimum absolute atomic E-state index is 0.00649. The quantitative estimate of drug-likeness (QED) is 0.327. The summed E-state index contributed by atoms with van der Waals surface area (Å²) in [6.07, 6.45) is 0. The number of benzene rings is 4. The smallest absolute Gasteiger partial charge is 0.278 e. The van der Waals surface area contributed by atoms with Gasteiger partial charge in [0.05, 0.1) is 21.2 Å². The summed E-state index contributed by atoms with van der Waals surface area (Å²) < 4.78 is 57.0. The van der Waals surface area contributed by atoms with E-state index in [0.29, 0.717) is 9.21 Å². The number of anilines is 3. The highest BCUT2D eigenvalue weighted by Gasteiger charge is 2.29. The van der Waals surface area contributed by atoms with Gasteiger partial charge in [-0.15, -0.1) is 0 Å². The Kier molecular flexibility index (Phi) is 7.00. The topological polar surface area (TPSA) is 98.8 Å². The largest absolute Gasteiger partial charge is 0.369 e. The van der Waals surface area contributed by atoms with Crippen molar-refractivity contribution in [3.63, 3.8) is 0 Å². The third-order valence-electron chi connectivity index (χ3n) is 6.19. The second kappa shape index (κ2) is 10.2. The summed E-state index contributed by atoms with van der Waals surface area (Å²) in [6, 6.07) is 24.8. The molecule has 0 saturated carbocycles. The van der Waals surface area contributed by atoms with Crippen molar-refractivity contribution in [2.45, 2.75) is 9.79 Å². The number of nitrogens with zero attached hydrogens (tertiary/aromatic N) is 2. The van der Waals surface area contributed by atoms with Crippen LogP contribution >= 0.6 is 11.8 Å². The van der Waals surface area contributed by atoms with Gasteiger partial charge in [-0.1, -0.05) is 54.6 Å². The Bertz CT molecular complexity index is 1640. The van der Waals surface area contributed by atoms with Crippen LogP contribution in [0.4, 0.5) is 17.1 Å². The molecule has 1 heterocycles. The predicted molar refractivity (Wildman–Crippen MR) is 148 cm³/mol. The molecule has 192 valence electrons. The van der Waals surface area contributed by atoms with Crippen LogP contribution in [0.2, 0.25) is 0 Å². The molecule has 4 aromatic carbocycles. The second-order valence-corrected chi connectivity index (χ2v) is 12.5. The molecule has 0 bridgehead atoms. The van der Waals surface area contributed by atoms with Gasteiger partial charge in [0.2, 0.25) is 0 Å². The molecule has 37 heavy (non-hydrogen) atoms. The van der Waals surface area contributed by atoms with Crippen LogP contribution in [0.3, 0.4) is 0 Å². The van der Waals surface area contributed by atoms with Crippen molar-refractivity contribution in [2.24, 2.45) is 0 Å². The van der Waals surface area contributed by atoms with E-state index in [1.54, 1.807) is 48.5 Å². The van der Waals surface area contributed by atoms with E-state index in [-0.39, 0.29) is 21.2 Å². The van der Waals surface area contributed by atoms with E-state index in [9.17, 15) is 16.8 Å². The zero-order chi connectivity index (χ0) is 26.0. The SMILES string of the molecule is O=S(=O)(Nc1cc(N2CCNCC2)ccc1N(Cl)S(=O)(=O)c1cccc2ccccc12)c1ccccc1. The van der Waals surface area contributed by atoms with E-state index in [1.165, 1.54) is 24.3 Å². The lowest BCUT2D eigenvalue weighted by Crippen LogP contribution is -2.43. The summed E-state index contributed by atoms with van der Waals surface area (Å²) in [5.41, 5.74) is 0.801. The molecule has 5 rings (SSSR count). The highest BCUT2D eigenvalue weighted by molar-refractivity contribution is 7.94. The van der Waals surface area contributed by atoms with Gasteiger partial charge in [-0.25, -0.2) is 8.42 Å². The summed E-state index contributed by atoms with van der Waals surface area (Å²) in [5.74, 6) is 0. The van der Waals surface area contributed by atoms with Gasteiger partial charge in [0.25, 0.3) is 20.0 Å². The Labute approximate surface area is 221 Å². The van der Waals surface area contributed by atoms with Crippen LogP contribution in [0.25, 0.3) is 10.8 Å². The fourth-order valence-electron chi connectivity index (χ4n) is 4.32. The van der Waals surface area contributed by atoms with Crippen molar-refractivity contribution >= 4 is 59.7 Å². The van der Waals surface area contributed by atoms with Crippen molar-refractivity contribution in [1.29, 1.82) is 0 Å². The Morgan fingerprint density at radius 3 is 2.24 bits per heavy atom. The van der Waals surface area contributed by atoms with Crippen LogP contribution in [0.5, 0.6) is 0 Å². The Hall–Kier alpha value is -3.31. The number of hydrogen-bond donors (Lipinski definition) is 2. The highest BCUT2D eigenvalue weighted by Crippen LogP contribution is 2.38. The van der Waals surface area contributed by atoms with Crippen molar-refractivity contribution in [3.05, 3.63) is 91.0 Å². The maximum atomic E-state index is 13.7. The Balaban J connectivity index is 1.60. The van der Waals surface area contributed by atoms with Crippen LogP contribution in [-0.2, 0) is 20.0 Å². The Morgan fingerprint density at radius 1 is 0.811 bits per heavy atom. The lowest BCUT2D eigenvalue weighted by atomic mass is 10.1. The first-order valence-corrected chi connectivity index (χ1v) is 14.9. The number of hydrogen-bond acceptors (Lipinski definition) is 6. The molecule has 1 aliphatic rings. The predicted octanol–water partition coefficient (Wildman–Crippen LogP) is 4.40. The lowest BCUT2D eigenvalue weighted by molar-refractivity contribution is 0.589. The maximum Gasteiger partial charge on any atom is 0.278 e. The van der Waals surface area contributed by atoms with Gasteiger partial charge in [-0.05, 0) is 41.8 Å². The van der Waals surface area contributed by atoms with E-state index in [1.807, 2.05) is 18.2 Å². The molecule has 0 atom stereocenters. The first-order valence-electron chi connectivity index (χ1n) is 11.6. The molecule has 1 saturated heterocycles. The lowest BCUT2D eigenvalue weighted by Gasteiger charge is -2.30. The number of nitrogens with one attached hydrogen (secondary N) is 2. The summed E-state index contributed by atoms with van der Waals surface area (Å²) in [7, 11) is -8.28. The summed E-state index contributed by atoms with van der Waals surface area (Å²) in [5, 5.41) is 4.54. The molecule has 0 aromatic heterocycles. The monoisotopic (exact) mass is 556 g/mol. The van der Waals surface area contributed by atoms with Crippen LogP contribution in [0.15, 0.2) is 101 Å².